The molecule has 4 heteroatoms. The number of ether oxygens (including phenoxy) is 1. The van der Waals surface area contributed by atoms with Gasteiger partial charge in [0, 0.05) is 22.6 Å². The van der Waals surface area contributed by atoms with Crippen molar-refractivity contribution in [2.75, 3.05) is 0 Å². The number of rotatable bonds is 1. The van der Waals surface area contributed by atoms with E-state index in [1.807, 2.05) is 31.2 Å². The van der Waals surface area contributed by atoms with Crippen LogP contribution in [-0.4, -0.2) is 6.10 Å². The molecule has 0 amide bonds. The van der Waals surface area contributed by atoms with Gasteiger partial charge in [0.1, 0.15) is 11.9 Å². The Hall–Kier alpha value is -0.890. The van der Waals surface area contributed by atoms with Crippen LogP contribution in [0.2, 0.25) is 15.1 Å². The van der Waals surface area contributed by atoms with Crippen LogP contribution < -0.4 is 4.74 Å². The Morgan fingerprint density at radius 2 is 1.89 bits per heavy atom. The summed E-state index contributed by atoms with van der Waals surface area (Å²) >= 11 is 18.6. The van der Waals surface area contributed by atoms with E-state index < -0.39 is 0 Å². The molecular weight excluding hydrogens is 303 g/mol. The summed E-state index contributed by atoms with van der Waals surface area (Å²) in [5.41, 5.74) is 2.87. The minimum atomic E-state index is 0.158. The lowest BCUT2D eigenvalue weighted by atomic mass is 10.0. The number of fused-ring (bicyclic) bond motifs is 1. The molecule has 0 fully saturated rings. The average Bonchev–Trinajstić information content (AvgIpc) is 2.72. The van der Waals surface area contributed by atoms with E-state index in [0.717, 1.165) is 28.9 Å². The van der Waals surface area contributed by atoms with Gasteiger partial charge in [-0.25, -0.2) is 0 Å². The fourth-order valence-corrected chi connectivity index (χ4v) is 3.05. The molecule has 0 bridgehead atoms. The fraction of sp³-hybridized carbons (Fsp3) is 0.200. The van der Waals surface area contributed by atoms with Crippen molar-refractivity contribution in [2.24, 2.45) is 0 Å². The second-order valence-corrected chi connectivity index (χ2v) is 5.90. The second-order valence-electron chi connectivity index (χ2n) is 4.68. The molecule has 1 heterocycles. The molecule has 1 atom stereocenters. The lowest BCUT2D eigenvalue weighted by Gasteiger charge is -2.12. The van der Waals surface area contributed by atoms with Crippen LogP contribution >= 0.6 is 34.8 Å². The zero-order valence-electron chi connectivity index (χ0n) is 10.2. The van der Waals surface area contributed by atoms with Crippen LogP contribution in [0.5, 0.6) is 5.75 Å². The van der Waals surface area contributed by atoms with E-state index in [1.54, 1.807) is 6.07 Å². The maximum Gasteiger partial charge on any atom is 0.131 e. The molecule has 1 aliphatic rings. The molecule has 0 saturated carbocycles. The molecular formula is C15H11Cl3O. The topological polar surface area (TPSA) is 9.23 Å². The number of benzene rings is 2. The zero-order valence-corrected chi connectivity index (χ0v) is 12.5. The summed E-state index contributed by atoms with van der Waals surface area (Å²) in [5, 5.41) is 1.73. The average molecular weight is 314 g/mol. The van der Waals surface area contributed by atoms with E-state index in [4.69, 9.17) is 39.5 Å². The Labute approximate surface area is 127 Å². The maximum absolute atomic E-state index is 6.29. The van der Waals surface area contributed by atoms with E-state index >= 15 is 0 Å². The summed E-state index contributed by atoms with van der Waals surface area (Å²) in [5.74, 6) is 0.862. The third-order valence-electron chi connectivity index (χ3n) is 3.20. The van der Waals surface area contributed by atoms with Crippen LogP contribution in [0.1, 0.15) is 12.5 Å². The molecule has 2 aromatic rings. The molecule has 0 aromatic heterocycles. The first-order valence-corrected chi connectivity index (χ1v) is 7.13. The minimum Gasteiger partial charge on any atom is -0.489 e. The van der Waals surface area contributed by atoms with Crippen LogP contribution in [0.15, 0.2) is 30.3 Å². The monoisotopic (exact) mass is 312 g/mol. The van der Waals surface area contributed by atoms with Gasteiger partial charge in [-0.05, 0) is 30.7 Å². The summed E-state index contributed by atoms with van der Waals surface area (Å²) < 4.78 is 5.88. The van der Waals surface area contributed by atoms with Crippen molar-refractivity contribution in [3.8, 4) is 16.9 Å². The summed E-state index contributed by atoms with van der Waals surface area (Å²) in [6.07, 6.45) is 1.02. The van der Waals surface area contributed by atoms with E-state index in [0.29, 0.717) is 15.1 Å². The molecule has 1 aliphatic heterocycles. The van der Waals surface area contributed by atoms with Crippen molar-refractivity contribution >= 4 is 34.8 Å². The molecule has 1 nitrogen and oxygen atoms in total. The largest absolute Gasteiger partial charge is 0.489 e. The van der Waals surface area contributed by atoms with Gasteiger partial charge in [-0.2, -0.15) is 0 Å². The number of hydrogen-bond donors (Lipinski definition) is 0. The van der Waals surface area contributed by atoms with Gasteiger partial charge >= 0.3 is 0 Å². The molecule has 98 valence electrons. The molecule has 0 radical (unpaired) electrons. The van der Waals surface area contributed by atoms with Gasteiger partial charge in [-0.15, -0.1) is 0 Å². The Morgan fingerprint density at radius 3 is 2.68 bits per heavy atom. The van der Waals surface area contributed by atoms with Crippen molar-refractivity contribution in [3.05, 3.63) is 51.0 Å². The summed E-state index contributed by atoms with van der Waals surface area (Å²) in [6.45, 7) is 2.04. The van der Waals surface area contributed by atoms with Gasteiger partial charge in [-0.1, -0.05) is 46.9 Å². The summed E-state index contributed by atoms with van der Waals surface area (Å²) in [6, 6.07) is 9.38. The quantitative estimate of drug-likeness (QED) is 0.662. The van der Waals surface area contributed by atoms with Gasteiger partial charge < -0.3 is 4.74 Å². The van der Waals surface area contributed by atoms with Gasteiger partial charge in [0.05, 0.1) is 10.0 Å². The molecule has 19 heavy (non-hydrogen) atoms. The first kappa shape index (κ1) is 13.1. The molecule has 2 aromatic carbocycles. The summed E-state index contributed by atoms with van der Waals surface area (Å²) in [7, 11) is 0. The van der Waals surface area contributed by atoms with Gasteiger partial charge in [0.15, 0.2) is 0 Å². The predicted octanol–water partition coefficient (Wildman–Crippen LogP) is 5.64. The number of hydrogen-bond acceptors (Lipinski definition) is 1. The van der Waals surface area contributed by atoms with Crippen LogP contribution in [0, 0.1) is 0 Å². The Kier molecular flexibility index (Phi) is 3.38. The maximum atomic E-state index is 6.29. The van der Waals surface area contributed by atoms with Crippen molar-refractivity contribution < 1.29 is 4.74 Å². The van der Waals surface area contributed by atoms with E-state index in [9.17, 15) is 0 Å². The van der Waals surface area contributed by atoms with Crippen molar-refractivity contribution in [1.29, 1.82) is 0 Å². The van der Waals surface area contributed by atoms with Gasteiger partial charge in [0.2, 0.25) is 0 Å². The lowest BCUT2D eigenvalue weighted by molar-refractivity contribution is 0.255. The van der Waals surface area contributed by atoms with Crippen molar-refractivity contribution in [2.45, 2.75) is 19.4 Å². The molecule has 0 aliphatic carbocycles. The second kappa shape index (κ2) is 4.90. The van der Waals surface area contributed by atoms with Gasteiger partial charge in [0.25, 0.3) is 0 Å². The Morgan fingerprint density at radius 1 is 1.11 bits per heavy atom. The molecule has 0 saturated heterocycles. The van der Waals surface area contributed by atoms with E-state index in [2.05, 4.69) is 0 Å². The first-order valence-electron chi connectivity index (χ1n) is 5.99. The SMILES string of the molecule is CC1Cc2cc(Cl)cc(-c3cccc(Cl)c3Cl)c2O1. The van der Waals surface area contributed by atoms with E-state index in [-0.39, 0.29) is 6.10 Å². The van der Waals surface area contributed by atoms with Crippen LogP contribution in [-0.2, 0) is 6.42 Å². The minimum absolute atomic E-state index is 0.158. The standard InChI is InChI=1S/C15H11Cl3O/c1-8-5-9-6-10(16)7-12(15(9)19-8)11-3-2-4-13(17)14(11)18/h2-4,6-8H,5H2,1H3. The van der Waals surface area contributed by atoms with Crippen molar-refractivity contribution in [1.82, 2.24) is 0 Å². The molecule has 0 N–H and O–H groups in total. The zero-order chi connectivity index (χ0) is 13.6. The Balaban J connectivity index is 2.24. The highest BCUT2D eigenvalue weighted by Crippen LogP contribution is 2.44. The predicted molar refractivity (Wildman–Crippen MR) is 80.7 cm³/mol. The number of halogens is 3. The Bertz CT molecular complexity index is 652. The highest BCUT2D eigenvalue weighted by atomic mass is 35.5. The third kappa shape index (κ3) is 2.31. The third-order valence-corrected chi connectivity index (χ3v) is 4.24. The lowest BCUT2D eigenvalue weighted by Crippen LogP contribution is -2.05. The van der Waals surface area contributed by atoms with Crippen LogP contribution in [0.4, 0.5) is 0 Å². The molecule has 0 spiro atoms. The van der Waals surface area contributed by atoms with Crippen LogP contribution in [0.3, 0.4) is 0 Å². The van der Waals surface area contributed by atoms with Crippen molar-refractivity contribution in [3.63, 3.8) is 0 Å². The van der Waals surface area contributed by atoms with Gasteiger partial charge in [-0.3, -0.25) is 0 Å². The van der Waals surface area contributed by atoms with E-state index in [1.165, 1.54) is 0 Å². The smallest absolute Gasteiger partial charge is 0.131 e. The highest BCUT2D eigenvalue weighted by molar-refractivity contribution is 6.43. The highest BCUT2D eigenvalue weighted by Gasteiger charge is 2.24. The molecule has 3 rings (SSSR count). The summed E-state index contributed by atoms with van der Waals surface area (Å²) in [4.78, 5) is 0. The first-order chi connectivity index (χ1) is 9.06. The fourth-order valence-electron chi connectivity index (χ4n) is 2.41. The molecule has 1 unspecified atom stereocenters. The normalized spacial score (nSPS) is 17.2. The van der Waals surface area contributed by atoms with Crippen LogP contribution in [0.25, 0.3) is 11.1 Å².